The topological polar surface area (TPSA) is 98.3 Å². The number of hydrogen-bond donors (Lipinski definition) is 2. The first kappa shape index (κ1) is 23.8. The van der Waals surface area contributed by atoms with E-state index in [1.165, 1.54) is 13.3 Å². The fourth-order valence-electron chi connectivity index (χ4n) is 4.21. The number of alkyl halides is 3. The van der Waals surface area contributed by atoms with Crippen LogP contribution < -0.4 is 20.7 Å². The predicted octanol–water partition coefficient (Wildman–Crippen LogP) is 3.25. The number of nitrogens with one attached hydrogen (secondary N) is 1. The zero-order valence-electron chi connectivity index (χ0n) is 19.4. The highest BCUT2D eigenvalue weighted by Gasteiger charge is 2.39. The average Bonchev–Trinajstić information content (AvgIpc) is 3.33. The quantitative estimate of drug-likeness (QED) is 0.587. The van der Waals surface area contributed by atoms with E-state index in [0.29, 0.717) is 36.3 Å². The molecule has 0 radical (unpaired) electrons. The minimum atomic E-state index is -4.58. The van der Waals surface area contributed by atoms with Gasteiger partial charge in [0.2, 0.25) is 5.88 Å². The maximum atomic E-state index is 13.2. The number of nitrogens with two attached hydrogens (primary N) is 1. The van der Waals surface area contributed by atoms with Crippen LogP contribution in [0.15, 0.2) is 30.7 Å². The number of hydrogen-bond acceptors (Lipinski definition) is 6. The van der Waals surface area contributed by atoms with Gasteiger partial charge in [-0.3, -0.25) is 4.79 Å². The van der Waals surface area contributed by atoms with Gasteiger partial charge in [-0.1, -0.05) is 6.07 Å². The third-order valence-corrected chi connectivity index (χ3v) is 6.13. The van der Waals surface area contributed by atoms with Crippen LogP contribution in [-0.4, -0.2) is 58.4 Å². The van der Waals surface area contributed by atoms with E-state index in [4.69, 9.17) is 10.5 Å². The Morgan fingerprint density at radius 3 is 2.68 bits per heavy atom. The molecule has 0 bridgehead atoms. The number of fused-ring (bicyclic) bond motifs is 1. The van der Waals surface area contributed by atoms with Crippen molar-refractivity contribution in [1.82, 2.24) is 19.9 Å². The normalized spacial score (nSPS) is 19.5. The number of aromatic nitrogens is 3. The number of pyridine rings is 1. The second-order valence-corrected chi connectivity index (χ2v) is 9.03. The molecule has 2 aromatic heterocycles. The van der Waals surface area contributed by atoms with Crippen LogP contribution in [-0.2, 0) is 7.05 Å². The zero-order valence-corrected chi connectivity index (χ0v) is 19.4. The number of carbonyl (C=O) groups excluding carboxylic acids is 1. The highest BCUT2D eigenvalue weighted by atomic mass is 19.4. The highest BCUT2D eigenvalue weighted by molar-refractivity contribution is 6.05. The summed E-state index contributed by atoms with van der Waals surface area (Å²) in [5.74, 6) is -0.619. The Balaban J connectivity index is 1.92. The first-order valence-electron chi connectivity index (χ1n) is 10.8. The fraction of sp³-hybridized carbons (Fsp3) is 0.435. The number of aryl methyl sites for hydroxylation is 1. The lowest BCUT2D eigenvalue weighted by Gasteiger charge is -2.28. The molecule has 11 heteroatoms. The summed E-state index contributed by atoms with van der Waals surface area (Å²) in [6, 6.07) is 3.53. The molecule has 1 fully saturated rings. The molecule has 34 heavy (non-hydrogen) atoms. The highest BCUT2D eigenvalue weighted by Crippen LogP contribution is 2.42. The summed E-state index contributed by atoms with van der Waals surface area (Å²) in [6.07, 6.45) is -0.983. The van der Waals surface area contributed by atoms with Crippen molar-refractivity contribution in [1.29, 1.82) is 0 Å². The van der Waals surface area contributed by atoms with Crippen LogP contribution in [0, 0.1) is 0 Å². The molecule has 1 aliphatic heterocycles. The third-order valence-electron chi connectivity index (χ3n) is 6.13. The Kier molecular flexibility index (Phi) is 5.92. The van der Waals surface area contributed by atoms with Gasteiger partial charge in [0, 0.05) is 31.9 Å². The van der Waals surface area contributed by atoms with Crippen molar-refractivity contribution < 1.29 is 22.7 Å². The molecule has 2 atom stereocenters. The molecule has 3 heterocycles. The number of carbonyl (C=O) groups is 1. The van der Waals surface area contributed by atoms with Gasteiger partial charge >= 0.3 is 6.18 Å². The van der Waals surface area contributed by atoms with E-state index in [-0.39, 0.29) is 11.4 Å². The van der Waals surface area contributed by atoms with E-state index in [0.717, 1.165) is 18.0 Å². The first-order valence-corrected chi connectivity index (χ1v) is 10.8. The second-order valence-electron chi connectivity index (χ2n) is 9.03. The van der Waals surface area contributed by atoms with Crippen molar-refractivity contribution in [3.8, 4) is 17.0 Å². The van der Waals surface area contributed by atoms with Crippen molar-refractivity contribution in [2.24, 2.45) is 12.8 Å². The van der Waals surface area contributed by atoms with Gasteiger partial charge in [0.1, 0.15) is 6.04 Å². The molecular formula is C23H27F3N6O2. The van der Waals surface area contributed by atoms with Gasteiger partial charge in [0.05, 0.1) is 41.3 Å². The lowest BCUT2D eigenvalue weighted by molar-refractivity contribution is -0.149. The number of rotatable bonds is 5. The Morgan fingerprint density at radius 1 is 1.32 bits per heavy atom. The zero-order chi connectivity index (χ0) is 24.8. The summed E-state index contributed by atoms with van der Waals surface area (Å²) in [6.45, 7) is 3.74. The van der Waals surface area contributed by atoms with Crippen molar-refractivity contribution >= 4 is 22.6 Å². The van der Waals surface area contributed by atoms with Gasteiger partial charge in [-0.2, -0.15) is 13.2 Å². The minimum Gasteiger partial charge on any atom is -0.480 e. The molecule has 1 amide bonds. The molecule has 0 unspecified atom stereocenters. The van der Waals surface area contributed by atoms with Crippen LogP contribution in [0.25, 0.3) is 22.2 Å². The summed E-state index contributed by atoms with van der Waals surface area (Å²) in [5, 5.41) is 2.05. The number of methoxy groups -OCH3 is 1. The van der Waals surface area contributed by atoms with E-state index in [1.54, 1.807) is 6.33 Å². The number of imidazole rings is 1. The summed E-state index contributed by atoms with van der Waals surface area (Å²) >= 11 is 0. The molecule has 1 aromatic carbocycles. The molecule has 4 rings (SSSR count). The van der Waals surface area contributed by atoms with Gasteiger partial charge in [-0.05, 0) is 38.0 Å². The number of amides is 1. The smallest absolute Gasteiger partial charge is 0.408 e. The van der Waals surface area contributed by atoms with E-state index in [2.05, 4.69) is 15.3 Å². The monoisotopic (exact) mass is 476 g/mol. The van der Waals surface area contributed by atoms with Crippen molar-refractivity contribution in [2.45, 2.75) is 38.0 Å². The van der Waals surface area contributed by atoms with Crippen molar-refractivity contribution in [3.05, 3.63) is 36.3 Å². The standard InChI is InChI=1S/C23H27F3N6O2/c1-13(23(24,25)26)30-20(33)15-10-28-21(34-4)18(19(15)32-8-7-22(2,27)11-32)14-5-6-16-17(9-14)31(3)12-29-16/h5-6,9-10,12-13H,7-8,11,27H2,1-4H3,(H,30,33)/t13-,22-/m0/s1. The van der Waals surface area contributed by atoms with Gasteiger partial charge in [0.25, 0.3) is 5.91 Å². The number of ether oxygens (including phenoxy) is 1. The largest absolute Gasteiger partial charge is 0.480 e. The molecular weight excluding hydrogens is 449 g/mol. The summed E-state index contributed by atoms with van der Waals surface area (Å²) in [7, 11) is 3.32. The molecule has 182 valence electrons. The van der Waals surface area contributed by atoms with Crippen LogP contribution in [0.3, 0.4) is 0 Å². The van der Waals surface area contributed by atoms with Crippen LogP contribution in [0.4, 0.5) is 18.9 Å². The Labute approximate surface area is 194 Å². The summed E-state index contributed by atoms with van der Waals surface area (Å²) in [4.78, 5) is 23.6. The molecule has 0 saturated carbocycles. The molecule has 1 aliphatic rings. The Bertz CT molecular complexity index is 1240. The maximum absolute atomic E-state index is 13.2. The van der Waals surface area contributed by atoms with Gasteiger partial charge < -0.3 is 25.3 Å². The fourth-order valence-corrected chi connectivity index (χ4v) is 4.21. The van der Waals surface area contributed by atoms with E-state index in [1.807, 2.05) is 41.6 Å². The maximum Gasteiger partial charge on any atom is 0.408 e. The van der Waals surface area contributed by atoms with Gasteiger partial charge in [-0.15, -0.1) is 0 Å². The Morgan fingerprint density at radius 2 is 2.06 bits per heavy atom. The Hall–Kier alpha value is -3.34. The lowest BCUT2D eigenvalue weighted by Crippen LogP contribution is -2.44. The van der Waals surface area contributed by atoms with Crippen LogP contribution in [0.2, 0.25) is 0 Å². The molecule has 1 saturated heterocycles. The predicted molar refractivity (Wildman–Crippen MR) is 123 cm³/mol. The average molecular weight is 477 g/mol. The molecule has 3 N–H and O–H groups in total. The van der Waals surface area contributed by atoms with Gasteiger partial charge in [0.15, 0.2) is 0 Å². The first-order chi connectivity index (χ1) is 15.9. The summed E-state index contributed by atoms with van der Waals surface area (Å²) < 4.78 is 46.9. The second kappa shape index (κ2) is 8.46. The molecule has 8 nitrogen and oxygen atoms in total. The van der Waals surface area contributed by atoms with Crippen LogP contribution in [0.5, 0.6) is 5.88 Å². The molecule has 3 aromatic rings. The molecule has 0 spiro atoms. The number of nitrogens with zero attached hydrogens (tertiary/aromatic N) is 4. The van der Waals surface area contributed by atoms with Crippen LogP contribution in [0.1, 0.15) is 30.6 Å². The van der Waals surface area contributed by atoms with Crippen molar-refractivity contribution in [3.63, 3.8) is 0 Å². The van der Waals surface area contributed by atoms with Gasteiger partial charge in [-0.25, -0.2) is 9.97 Å². The summed E-state index contributed by atoms with van der Waals surface area (Å²) in [5.41, 5.74) is 9.13. The van der Waals surface area contributed by atoms with Crippen LogP contribution >= 0.6 is 0 Å². The van der Waals surface area contributed by atoms with E-state index >= 15 is 0 Å². The SMILES string of the molecule is COc1ncc(C(=O)N[C@@H](C)C(F)(F)F)c(N2CC[C@](C)(N)C2)c1-c1ccc2ncn(C)c2c1. The minimum absolute atomic E-state index is 0.0229. The lowest BCUT2D eigenvalue weighted by atomic mass is 9.99. The third kappa shape index (κ3) is 4.39. The van der Waals surface area contributed by atoms with E-state index < -0.39 is 23.7 Å². The number of halogens is 3. The van der Waals surface area contributed by atoms with Crippen molar-refractivity contribution in [2.75, 3.05) is 25.1 Å². The van der Waals surface area contributed by atoms with E-state index in [9.17, 15) is 18.0 Å². The number of benzene rings is 1. The number of anilines is 1. The molecule has 0 aliphatic carbocycles.